The summed E-state index contributed by atoms with van der Waals surface area (Å²) >= 11 is 0. The van der Waals surface area contributed by atoms with E-state index in [4.69, 9.17) is 16.9 Å². The number of nitrogen functional groups attached to an aromatic ring is 1. The van der Waals surface area contributed by atoms with Crippen LogP contribution in [-0.2, 0) is 0 Å². The number of piperazine rings is 1. The number of carbonyl (C=O) groups is 1. The van der Waals surface area contributed by atoms with Crippen molar-refractivity contribution >= 4 is 11.6 Å². The van der Waals surface area contributed by atoms with Crippen LogP contribution in [0.5, 0.6) is 5.75 Å². The van der Waals surface area contributed by atoms with E-state index < -0.39 is 0 Å². The van der Waals surface area contributed by atoms with Crippen LogP contribution in [0.15, 0.2) is 18.2 Å². The Morgan fingerprint density at radius 2 is 2.10 bits per heavy atom. The molecular formula is C15H19N3O2. The quantitative estimate of drug-likeness (QED) is 0.649. The van der Waals surface area contributed by atoms with Gasteiger partial charge in [-0.15, -0.1) is 6.42 Å². The van der Waals surface area contributed by atoms with E-state index in [1.54, 1.807) is 25.3 Å². The lowest BCUT2D eigenvalue weighted by Crippen LogP contribution is -2.48. The molecular weight excluding hydrogens is 254 g/mol. The predicted molar refractivity (Wildman–Crippen MR) is 78.6 cm³/mol. The Morgan fingerprint density at radius 3 is 2.70 bits per heavy atom. The molecule has 0 spiro atoms. The molecule has 1 aliphatic heterocycles. The summed E-state index contributed by atoms with van der Waals surface area (Å²) in [6, 6.07) is 5.10. The Balaban J connectivity index is 2.09. The summed E-state index contributed by atoms with van der Waals surface area (Å²) in [6.07, 6.45) is 5.30. The van der Waals surface area contributed by atoms with Gasteiger partial charge in [0.25, 0.3) is 5.91 Å². The fourth-order valence-corrected chi connectivity index (χ4v) is 2.30. The second-order valence-electron chi connectivity index (χ2n) is 4.73. The van der Waals surface area contributed by atoms with Gasteiger partial charge in [0.05, 0.1) is 19.2 Å². The van der Waals surface area contributed by atoms with Crippen LogP contribution < -0.4 is 10.5 Å². The van der Waals surface area contributed by atoms with Gasteiger partial charge in [0.1, 0.15) is 5.75 Å². The van der Waals surface area contributed by atoms with Crippen molar-refractivity contribution in [3.8, 4) is 18.1 Å². The van der Waals surface area contributed by atoms with Crippen LogP contribution in [0.25, 0.3) is 0 Å². The summed E-state index contributed by atoms with van der Waals surface area (Å²) in [5, 5.41) is 0. The van der Waals surface area contributed by atoms with Gasteiger partial charge in [-0.05, 0) is 18.2 Å². The van der Waals surface area contributed by atoms with E-state index in [0.717, 1.165) is 13.1 Å². The van der Waals surface area contributed by atoms with Gasteiger partial charge in [-0.3, -0.25) is 9.69 Å². The SMILES string of the molecule is C#CCN1CCN(C(=O)c2cc(N)ccc2OC)CC1. The number of amides is 1. The molecule has 0 saturated carbocycles. The number of hydrogen-bond donors (Lipinski definition) is 1. The third kappa shape index (κ3) is 3.03. The van der Waals surface area contributed by atoms with Crippen molar-refractivity contribution in [3.05, 3.63) is 23.8 Å². The minimum absolute atomic E-state index is 0.0468. The Hall–Kier alpha value is -2.19. The Morgan fingerprint density at radius 1 is 1.40 bits per heavy atom. The van der Waals surface area contributed by atoms with Crippen molar-refractivity contribution in [3.63, 3.8) is 0 Å². The number of nitrogens with zero attached hydrogens (tertiary/aromatic N) is 2. The van der Waals surface area contributed by atoms with E-state index in [9.17, 15) is 4.79 Å². The molecule has 1 fully saturated rings. The normalized spacial score (nSPS) is 15.7. The number of hydrogen-bond acceptors (Lipinski definition) is 4. The second kappa shape index (κ2) is 6.31. The summed E-state index contributed by atoms with van der Waals surface area (Å²) in [6.45, 7) is 3.54. The molecule has 1 saturated heterocycles. The summed E-state index contributed by atoms with van der Waals surface area (Å²) in [7, 11) is 1.55. The van der Waals surface area contributed by atoms with Crippen molar-refractivity contribution in [2.75, 3.05) is 45.6 Å². The van der Waals surface area contributed by atoms with Crippen molar-refractivity contribution in [2.24, 2.45) is 0 Å². The lowest BCUT2D eigenvalue weighted by molar-refractivity contribution is 0.0649. The van der Waals surface area contributed by atoms with E-state index in [1.165, 1.54) is 0 Å². The number of rotatable bonds is 3. The maximum atomic E-state index is 12.5. The van der Waals surface area contributed by atoms with E-state index >= 15 is 0 Å². The average molecular weight is 273 g/mol. The van der Waals surface area contributed by atoms with Crippen LogP contribution in [0.4, 0.5) is 5.69 Å². The van der Waals surface area contributed by atoms with Gasteiger partial charge in [-0.1, -0.05) is 5.92 Å². The fraction of sp³-hybridized carbons (Fsp3) is 0.400. The molecule has 2 rings (SSSR count). The zero-order chi connectivity index (χ0) is 14.5. The molecule has 1 heterocycles. The van der Waals surface area contributed by atoms with Gasteiger partial charge in [-0.25, -0.2) is 0 Å². The van der Waals surface area contributed by atoms with Crippen LogP contribution in [0, 0.1) is 12.3 Å². The highest BCUT2D eigenvalue weighted by Gasteiger charge is 2.24. The standard InChI is InChI=1S/C15H19N3O2/c1-3-6-17-7-9-18(10-8-17)15(19)13-11-12(16)4-5-14(13)20-2/h1,4-5,11H,6-10,16H2,2H3. The minimum Gasteiger partial charge on any atom is -0.496 e. The molecule has 0 unspecified atom stereocenters. The zero-order valence-electron chi connectivity index (χ0n) is 11.6. The molecule has 0 aliphatic carbocycles. The Labute approximate surface area is 119 Å². The second-order valence-corrected chi connectivity index (χ2v) is 4.73. The summed E-state index contributed by atoms with van der Waals surface area (Å²) in [4.78, 5) is 16.5. The van der Waals surface area contributed by atoms with Crippen molar-refractivity contribution in [2.45, 2.75) is 0 Å². The number of anilines is 1. The van der Waals surface area contributed by atoms with Crippen LogP contribution in [0.3, 0.4) is 0 Å². The first-order chi connectivity index (χ1) is 9.65. The van der Waals surface area contributed by atoms with E-state index in [2.05, 4.69) is 10.8 Å². The topological polar surface area (TPSA) is 58.8 Å². The molecule has 1 aromatic carbocycles. The summed E-state index contributed by atoms with van der Waals surface area (Å²) in [5.41, 5.74) is 6.82. The first-order valence-corrected chi connectivity index (χ1v) is 6.54. The predicted octanol–water partition coefficient (Wildman–Crippen LogP) is 0.668. The van der Waals surface area contributed by atoms with Gasteiger partial charge >= 0.3 is 0 Å². The highest BCUT2D eigenvalue weighted by Crippen LogP contribution is 2.23. The molecule has 5 heteroatoms. The zero-order valence-corrected chi connectivity index (χ0v) is 11.6. The fourth-order valence-electron chi connectivity index (χ4n) is 2.30. The maximum Gasteiger partial charge on any atom is 0.257 e. The van der Waals surface area contributed by atoms with Gasteiger partial charge in [0, 0.05) is 31.9 Å². The number of carbonyl (C=O) groups excluding carboxylic acids is 1. The van der Waals surface area contributed by atoms with Gasteiger partial charge in [0.15, 0.2) is 0 Å². The molecule has 5 nitrogen and oxygen atoms in total. The van der Waals surface area contributed by atoms with Crippen LogP contribution in [0.2, 0.25) is 0 Å². The first-order valence-electron chi connectivity index (χ1n) is 6.54. The highest BCUT2D eigenvalue weighted by atomic mass is 16.5. The number of benzene rings is 1. The van der Waals surface area contributed by atoms with Crippen LogP contribution in [0.1, 0.15) is 10.4 Å². The molecule has 0 atom stereocenters. The van der Waals surface area contributed by atoms with Crippen molar-refractivity contribution in [1.82, 2.24) is 9.80 Å². The molecule has 2 N–H and O–H groups in total. The van der Waals surface area contributed by atoms with E-state index in [1.807, 2.05) is 4.90 Å². The molecule has 0 aromatic heterocycles. The number of nitrogens with two attached hydrogens (primary N) is 1. The van der Waals surface area contributed by atoms with Crippen molar-refractivity contribution in [1.29, 1.82) is 0 Å². The van der Waals surface area contributed by atoms with Crippen LogP contribution in [-0.4, -0.2) is 55.5 Å². The lowest BCUT2D eigenvalue weighted by Gasteiger charge is -2.34. The average Bonchev–Trinajstić information content (AvgIpc) is 2.47. The number of ether oxygens (including phenoxy) is 1. The number of terminal acetylenes is 1. The number of methoxy groups -OCH3 is 1. The van der Waals surface area contributed by atoms with Crippen molar-refractivity contribution < 1.29 is 9.53 Å². The third-order valence-corrected chi connectivity index (χ3v) is 3.43. The third-order valence-electron chi connectivity index (χ3n) is 3.43. The molecule has 106 valence electrons. The lowest BCUT2D eigenvalue weighted by atomic mass is 10.1. The molecule has 0 bridgehead atoms. The van der Waals surface area contributed by atoms with E-state index in [-0.39, 0.29) is 5.91 Å². The van der Waals surface area contributed by atoms with Crippen LogP contribution >= 0.6 is 0 Å². The highest BCUT2D eigenvalue weighted by molar-refractivity contribution is 5.97. The monoisotopic (exact) mass is 273 g/mol. The molecule has 0 radical (unpaired) electrons. The summed E-state index contributed by atoms with van der Waals surface area (Å²) in [5.74, 6) is 3.13. The molecule has 1 aromatic rings. The molecule has 1 aliphatic rings. The van der Waals surface area contributed by atoms with Gasteiger partial charge < -0.3 is 15.4 Å². The first kappa shape index (κ1) is 14.2. The summed E-state index contributed by atoms with van der Waals surface area (Å²) < 4.78 is 5.23. The maximum absolute atomic E-state index is 12.5. The minimum atomic E-state index is -0.0468. The van der Waals surface area contributed by atoms with Gasteiger partial charge in [0.2, 0.25) is 0 Å². The van der Waals surface area contributed by atoms with E-state index in [0.29, 0.717) is 36.6 Å². The molecule has 20 heavy (non-hydrogen) atoms. The molecule has 1 amide bonds. The van der Waals surface area contributed by atoms with Gasteiger partial charge in [-0.2, -0.15) is 0 Å². The Bertz CT molecular complexity index is 528. The Kier molecular flexibility index (Phi) is 4.49. The smallest absolute Gasteiger partial charge is 0.257 e. The largest absolute Gasteiger partial charge is 0.496 e.